The number of amides is 1. The molecule has 0 spiro atoms. The van der Waals surface area contributed by atoms with Crippen molar-refractivity contribution >= 4 is 5.91 Å². The van der Waals surface area contributed by atoms with E-state index in [4.69, 9.17) is 9.47 Å². The first kappa shape index (κ1) is 16.2. The lowest BCUT2D eigenvalue weighted by Gasteiger charge is -2.23. The predicted octanol–water partition coefficient (Wildman–Crippen LogP) is 1.45. The minimum absolute atomic E-state index is 0.0841. The molecule has 0 rings (SSSR count). The summed E-state index contributed by atoms with van der Waals surface area (Å²) in [6, 6.07) is 0. The lowest BCUT2D eigenvalue weighted by atomic mass is 10.4. The smallest absolute Gasteiger partial charge is 0.380 e. The maximum absolute atomic E-state index is 12.2. The van der Waals surface area contributed by atoms with Crippen LogP contribution in [0.3, 0.4) is 0 Å². The second kappa shape index (κ2) is 8.30. The molecule has 0 bridgehead atoms. The van der Waals surface area contributed by atoms with E-state index in [0.29, 0.717) is 18.1 Å². The fourth-order valence-corrected chi connectivity index (χ4v) is 1.13. The number of nitrogens with zero attached hydrogens (tertiary/aromatic N) is 1. The van der Waals surface area contributed by atoms with Gasteiger partial charge in [0.15, 0.2) is 0 Å². The zero-order chi connectivity index (χ0) is 13.3. The molecule has 0 radical (unpaired) electrons. The van der Waals surface area contributed by atoms with Crippen molar-refractivity contribution in [2.75, 3.05) is 39.5 Å². The number of hydrogen-bond donors (Lipinski definition) is 0. The van der Waals surface area contributed by atoms with E-state index >= 15 is 0 Å². The van der Waals surface area contributed by atoms with Gasteiger partial charge in [0.1, 0.15) is 0 Å². The predicted molar refractivity (Wildman–Crippen MR) is 55.6 cm³/mol. The topological polar surface area (TPSA) is 38.8 Å². The first-order chi connectivity index (χ1) is 7.93. The van der Waals surface area contributed by atoms with Crippen molar-refractivity contribution < 1.29 is 27.4 Å². The van der Waals surface area contributed by atoms with Crippen LogP contribution in [0.5, 0.6) is 0 Å². The Kier molecular flexibility index (Phi) is 7.90. The monoisotopic (exact) mass is 257 g/mol. The highest BCUT2D eigenvalue weighted by Crippen LogP contribution is 2.18. The maximum atomic E-state index is 12.2. The molecular weight excluding hydrogens is 239 g/mol. The maximum Gasteiger partial charge on any atom is 0.471 e. The Hall–Kier alpha value is -0.820. The number of alkyl halides is 3. The first-order valence-electron chi connectivity index (χ1n) is 5.45. The standard InChI is InChI=1S/C10H18F3NO3/c1-3-16-7-5-14(6-8-17-4-2)9(15)10(11,12)13/h3-8H2,1-2H3. The molecule has 4 nitrogen and oxygen atoms in total. The van der Waals surface area contributed by atoms with Crippen LogP contribution < -0.4 is 0 Å². The van der Waals surface area contributed by atoms with Crippen molar-refractivity contribution in [1.82, 2.24) is 4.90 Å². The van der Waals surface area contributed by atoms with E-state index < -0.39 is 12.1 Å². The summed E-state index contributed by atoms with van der Waals surface area (Å²) < 4.78 is 46.6. The van der Waals surface area contributed by atoms with Gasteiger partial charge in [0.05, 0.1) is 13.2 Å². The molecule has 0 N–H and O–H groups in total. The minimum Gasteiger partial charge on any atom is -0.380 e. The van der Waals surface area contributed by atoms with Crippen LogP contribution in [0.15, 0.2) is 0 Å². The summed E-state index contributed by atoms with van der Waals surface area (Å²) in [6.07, 6.45) is -4.85. The lowest BCUT2D eigenvalue weighted by molar-refractivity contribution is -0.186. The third-order valence-corrected chi connectivity index (χ3v) is 1.95. The Morgan fingerprint density at radius 1 is 1.06 bits per heavy atom. The Balaban J connectivity index is 4.23. The van der Waals surface area contributed by atoms with Crippen molar-refractivity contribution in [3.8, 4) is 0 Å². The van der Waals surface area contributed by atoms with Crippen LogP contribution in [-0.2, 0) is 14.3 Å². The summed E-state index contributed by atoms with van der Waals surface area (Å²) in [7, 11) is 0. The molecule has 0 unspecified atom stereocenters. The van der Waals surface area contributed by atoms with Gasteiger partial charge in [0.2, 0.25) is 0 Å². The number of halogens is 3. The minimum atomic E-state index is -4.85. The first-order valence-corrected chi connectivity index (χ1v) is 5.45. The van der Waals surface area contributed by atoms with Crippen LogP contribution >= 0.6 is 0 Å². The van der Waals surface area contributed by atoms with Gasteiger partial charge in [-0.3, -0.25) is 4.79 Å². The van der Waals surface area contributed by atoms with Crippen LogP contribution in [0, 0.1) is 0 Å². The lowest BCUT2D eigenvalue weighted by Crippen LogP contribution is -2.44. The number of carbonyl (C=O) groups excluding carboxylic acids is 1. The molecular formula is C10H18F3NO3. The summed E-state index contributed by atoms with van der Waals surface area (Å²) in [5.41, 5.74) is 0. The molecule has 0 atom stereocenters. The highest BCUT2D eigenvalue weighted by molar-refractivity contribution is 5.81. The van der Waals surface area contributed by atoms with Gasteiger partial charge >= 0.3 is 12.1 Å². The van der Waals surface area contributed by atoms with E-state index in [9.17, 15) is 18.0 Å². The second-order valence-electron chi connectivity index (χ2n) is 3.18. The summed E-state index contributed by atoms with van der Waals surface area (Å²) in [5, 5.41) is 0. The molecule has 0 aliphatic rings. The average Bonchev–Trinajstić information content (AvgIpc) is 2.25. The van der Waals surface area contributed by atoms with E-state index in [1.165, 1.54) is 0 Å². The molecule has 0 heterocycles. The van der Waals surface area contributed by atoms with Gasteiger partial charge < -0.3 is 14.4 Å². The third-order valence-electron chi connectivity index (χ3n) is 1.95. The van der Waals surface area contributed by atoms with E-state index in [2.05, 4.69) is 0 Å². The Labute approximate surface area is 98.7 Å². The van der Waals surface area contributed by atoms with Gasteiger partial charge in [-0.2, -0.15) is 13.2 Å². The zero-order valence-electron chi connectivity index (χ0n) is 10.0. The number of hydrogen-bond acceptors (Lipinski definition) is 3. The van der Waals surface area contributed by atoms with Crippen molar-refractivity contribution in [2.24, 2.45) is 0 Å². The van der Waals surface area contributed by atoms with Gasteiger partial charge in [-0.05, 0) is 13.8 Å². The number of rotatable bonds is 8. The van der Waals surface area contributed by atoms with Gasteiger partial charge in [-0.15, -0.1) is 0 Å². The summed E-state index contributed by atoms with van der Waals surface area (Å²) in [4.78, 5) is 11.7. The molecule has 7 heteroatoms. The van der Waals surface area contributed by atoms with Gasteiger partial charge in [0.25, 0.3) is 0 Å². The highest BCUT2D eigenvalue weighted by atomic mass is 19.4. The Bertz CT molecular complexity index is 211. The van der Waals surface area contributed by atoms with Crippen molar-refractivity contribution in [3.05, 3.63) is 0 Å². The third kappa shape index (κ3) is 7.17. The second-order valence-corrected chi connectivity index (χ2v) is 3.18. The average molecular weight is 257 g/mol. The molecule has 0 aromatic heterocycles. The summed E-state index contributed by atoms with van der Waals surface area (Å²) in [5.74, 6) is -1.85. The molecule has 0 aliphatic heterocycles. The molecule has 0 aromatic carbocycles. The molecule has 1 amide bonds. The molecule has 17 heavy (non-hydrogen) atoms. The van der Waals surface area contributed by atoms with E-state index in [1.807, 2.05) is 0 Å². The highest BCUT2D eigenvalue weighted by Gasteiger charge is 2.42. The van der Waals surface area contributed by atoms with Crippen LogP contribution in [0.2, 0.25) is 0 Å². The fourth-order valence-electron chi connectivity index (χ4n) is 1.13. The molecule has 0 saturated heterocycles. The largest absolute Gasteiger partial charge is 0.471 e. The van der Waals surface area contributed by atoms with Crippen molar-refractivity contribution in [2.45, 2.75) is 20.0 Å². The molecule has 0 saturated carbocycles. The van der Waals surface area contributed by atoms with E-state index in [0.717, 1.165) is 0 Å². The summed E-state index contributed by atoms with van der Waals surface area (Å²) in [6.45, 7) is 4.28. The molecule has 0 aromatic rings. The summed E-state index contributed by atoms with van der Waals surface area (Å²) >= 11 is 0. The van der Waals surface area contributed by atoms with Crippen LogP contribution in [0.1, 0.15) is 13.8 Å². The van der Waals surface area contributed by atoms with Gasteiger partial charge in [0, 0.05) is 26.3 Å². The Morgan fingerprint density at radius 2 is 1.47 bits per heavy atom. The van der Waals surface area contributed by atoms with Crippen LogP contribution in [0.25, 0.3) is 0 Å². The van der Waals surface area contributed by atoms with E-state index in [-0.39, 0.29) is 26.3 Å². The quantitative estimate of drug-likeness (QED) is 0.618. The fraction of sp³-hybridized carbons (Fsp3) is 0.900. The Morgan fingerprint density at radius 3 is 1.76 bits per heavy atom. The van der Waals surface area contributed by atoms with Gasteiger partial charge in [-0.25, -0.2) is 0 Å². The number of carbonyl (C=O) groups is 1. The van der Waals surface area contributed by atoms with Crippen LogP contribution in [-0.4, -0.2) is 56.5 Å². The SMILES string of the molecule is CCOCCN(CCOCC)C(=O)C(F)(F)F. The van der Waals surface area contributed by atoms with Crippen molar-refractivity contribution in [3.63, 3.8) is 0 Å². The normalized spacial score (nSPS) is 11.6. The number of ether oxygens (including phenoxy) is 2. The molecule has 102 valence electrons. The van der Waals surface area contributed by atoms with E-state index in [1.54, 1.807) is 13.8 Å². The zero-order valence-corrected chi connectivity index (χ0v) is 10.0. The van der Waals surface area contributed by atoms with Crippen LogP contribution in [0.4, 0.5) is 13.2 Å². The van der Waals surface area contributed by atoms with Crippen molar-refractivity contribution in [1.29, 1.82) is 0 Å². The van der Waals surface area contributed by atoms with Gasteiger partial charge in [-0.1, -0.05) is 0 Å². The molecule has 0 fully saturated rings. The molecule has 0 aliphatic carbocycles.